The number of rotatable bonds is 1. The summed E-state index contributed by atoms with van der Waals surface area (Å²) in [5.74, 6) is 1.65. The maximum atomic E-state index is 6.32. The summed E-state index contributed by atoms with van der Waals surface area (Å²) in [7, 11) is 0. The first-order valence-electron chi connectivity index (χ1n) is 8.66. The van der Waals surface area contributed by atoms with Crippen LogP contribution in [0.25, 0.3) is 0 Å². The molecule has 21 heavy (non-hydrogen) atoms. The van der Waals surface area contributed by atoms with Crippen LogP contribution >= 0.6 is 0 Å². The van der Waals surface area contributed by atoms with Gasteiger partial charge in [-0.05, 0) is 31.1 Å². The largest absolute Gasteiger partial charge is 0.324 e. The summed E-state index contributed by atoms with van der Waals surface area (Å²) in [5.41, 5.74) is 8.98. The van der Waals surface area contributed by atoms with E-state index in [0.29, 0.717) is 5.92 Å². The van der Waals surface area contributed by atoms with E-state index in [0.717, 1.165) is 18.7 Å². The van der Waals surface area contributed by atoms with Crippen molar-refractivity contribution in [2.45, 2.75) is 83.6 Å². The first kappa shape index (κ1) is 15.0. The van der Waals surface area contributed by atoms with Crippen LogP contribution in [0.3, 0.4) is 0 Å². The molecule has 1 aromatic heterocycles. The number of aromatic nitrogens is 2. The molecule has 0 bridgehead atoms. The molecular formula is C18H29N3. The fraction of sp³-hybridized carbons (Fsp3) is 0.778. The molecule has 0 radical (unpaired) electrons. The minimum atomic E-state index is 0.107. The van der Waals surface area contributed by atoms with E-state index in [1.807, 2.05) is 6.20 Å². The molecule has 116 valence electrons. The van der Waals surface area contributed by atoms with Gasteiger partial charge in [-0.3, -0.25) is 0 Å². The van der Waals surface area contributed by atoms with Crippen LogP contribution in [-0.2, 0) is 6.42 Å². The molecule has 0 spiro atoms. The smallest absolute Gasteiger partial charge is 0.131 e. The average molecular weight is 287 g/mol. The number of nitrogens with zero attached hydrogens (tertiary/aromatic N) is 2. The molecule has 3 heteroatoms. The predicted molar refractivity (Wildman–Crippen MR) is 86.1 cm³/mol. The summed E-state index contributed by atoms with van der Waals surface area (Å²) >= 11 is 0. The van der Waals surface area contributed by atoms with E-state index in [-0.39, 0.29) is 11.5 Å². The van der Waals surface area contributed by atoms with Crippen molar-refractivity contribution in [1.82, 2.24) is 9.97 Å². The van der Waals surface area contributed by atoms with E-state index in [9.17, 15) is 0 Å². The Morgan fingerprint density at radius 1 is 1.10 bits per heavy atom. The van der Waals surface area contributed by atoms with Crippen molar-refractivity contribution >= 4 is 0 Å². The highest BCUT2D eigenvalue weighted by molar-refractivity contribution is 5.26. The normalized spacial score (nSPS) is 26.7. The van der Waals surface area contributed by atoms with Gasteiger partial charge in [0.2, 0.25) is 0 Å². The highest BCUT2D eigenvalue weighted by atomic mass is 14.9. The van der Waals surface area contributed by atoms with Gasteiger partial charge in [-0.2, -0.15) is 0 Å². The third-order valence-electron chi connectivity index (χ3n) is 5.21. The molecule has 1 heterocycles. The fourth-order valence-corrected chi connectivity index (χ4v) is 4.03. The molecule has 1 saturated carbocycles. The van der Waals surface area contributed by atoms with Crippen LogP contribution in [0.5, 0.6) is 0 Å². The lowest BCUT2D eigenvalue weighted by Crippen LogP contribution is -2.31. The van der Waals surface area contributed by atoms with Crippen molar-refractivity contribution in [3.05, 3.63) is 23.3 Å². The molecule has 2 aliphatic rings. The predicted octanol–water partition coefficient (Wildman–Crippen LogP) is 4.28. The minimum Gasteiger partial charge on any atom is -0.324 e. The number of nitrogens with two attached hydrogens (primary N) is 1. The second-order valence-electron chi connectivity index (χ2n) is 7.82. The summed E-state index contributed by atoms with van der Waals surface area (Å²) < 4.78 is 0. The Morgan fingerprint density at radius 2 is 1.76 bits per heavy atom. The van der Waals surface area contributed by atoms with Gasteiger partial charge in [-0.25, -0.2) is 9.97 Å². The minimum absolute atomic E-state index is 0.107. The van der Waals surface area contributed by atoms with E-state index in [1.54, 1.807) is 0 Å². The van der Waals surface area contributed by atoms with Gasteiger partial charge < -0.3 is 5.73 Å². The van der Waals surface area contributed by atoms with E-state index in [1.165, 1.54) is 56.2 Å². The van der Waals surface area contributed by atoms with Gasteiger partial charge in [0.25, 0.3) is 0 Å². The van der Waals surface area contributed by atoms with Crippen molar-refractivity contribution in [2.75, 3.05) is 0 Å². The van der Waals surface area contributed by atoms with Crippen molar-refractivity contribution in [3.63, 3.8) is 0 Å². The van der Waals surface area contributed by atoms with E-state index >= 15 is 0 Å². The van der Waals surface area contributed by atoms with Crippen LogP contribution in [-0.4, -0.2) is 9.97 Å². The molecule has 1 aromatic rings. The van der Waals surface area contributed by atoms with E-state index in [2.05, 4.69) is 13.8 Å². The molecule has 1 atom stereocenters. The SMILES string of the molecule is CC1(C)Cc2nc(C3CCCCCCC3)ncc2C(N)C1. The summed E-state index contributed by atoms with van der Waals surface area (Å²) in [4.78, 5) is 9.66. The Balaban J connectivity index is 1.84. The van der Waals surface area contributed by atoms with Gasteiger partial charge in [0.15, 0.2) is 0 Å². The number of hydrogen-bond donors (Lipinski definition) is 1. The molecule has 0 aliphatic heterocycles. The van der Waals surface area contributed by atoms with Crippen molar-refractivity contribution in [1.29, 1.82) is 0 Å². The van der Waals surface area contributed by atoms with Crippen LogP contribution in [0.2, 0.25) is 0 Å². The van der Waals surface area contributed by atoms with Gasteiger partial charge in [0.05, 0.1) is 0 Å². The van der Waals surface area contributed by atoms with Gasteiger partial charge in [-0.15, -0.1) is 0 Å². The summed E-state index contributed by atoms with van der Waals surface area (Å²) in [6.07, 6.45) is 13.4. The van der Waals surface area contributed by atoms with Crippen LogP contribution in [0.1, 0.15) is 94.3 Å². The fourth-order valence-electron chi connectivity index (χ4n) is 4.03. The maximum Gasteiger partial charge on any atom is 0.131 e. The second kappa shape index (κ2) is 6.04. The zero-order chi connectivity index (χ0) is 14.9. The molecule has 2 N–H and O–H groups in total. The number of hydrogen-bond acceptors (Lipinski definition) is 3. The van der Waals surface area contributed by atoms with Crippen molar-refractivity contribution < 1.29 is 0 Å². The molecule has 1 unspecified atom stereocenters. The lowest BCUT2D eigenvalue weighted by Gasteiger charge is -2.34. The lowest BCUT2D eigenvalue weighted by molar-refractivity contribution is 0.276. The Bertz CT molecular complexity index is 487. The average Bonchev–Trinajstić information content (AvgIpc) is 2.36. The van der Waals surface area contributed by atoms with E-state index < -0.39 is 0 Å². The molecule has 2 aliphatic carbocycles. The molecule has 1 fully saturated rings. The topological polar surface area (TPSA) is 51.8 Å². The third-order valence-corrected chi connectivity index (χ3v) is 5.21. The van der Waals surface area contributed by atoms with Gasteiger partial charge >= 0.3 is 0 Å². The Labute approximate surface area is 128 Å². The monoisotopic (exact) mass is 287 g/mol. The molecule has 0 amide bonds. The molecule has 3 rings (SSSR count). The quantitative estimate of drug-likeness (QED) is 0.839. The highest BCUT2D eigenvalue weighted by Crippen LogP contribution is 2.39. The van der Waals surface area contributed by atoms with E-state index in [4.69, 9.17) is 15.7 Å². The lowest BCUT2D eigenvalue weighted by atomic mass is 9.74. The summed E-state index contributed by atoms with van der Waals surface area (Å²) in [6.45, 7) is 4.60. The first-order chi connectivity index (χ1) is 10.1. The molecular weight excluding hydrogens is 258 g/mol. The summed E-state index contributed by atoms with van der Waals surface area (Å²) in [5, 5.41) is 0. The van der Waals surface area contributed by atoms with Crippen molar-refractivity contribution in [3.8, 4) is 0 Å². The van der Waals surface area contributed by atoms with Gasteiger partial charge in [-0.1, -0.05) is 46.0 Å². The van der Waals surface area contributed by atoms with Crippen LogP contribution in [0, 0.1) is 5.41 Å². The van der Waals surface area contributed by atoms with Gasteiger partial charge in [0.1, 0.15) is 5.82 Å². The maximum absolute atomic E-state index is 6.32. The van der Waals surface area contributed by atoms with Gasteiger partial charge in [0, 0.05) is 29.4 Å². The zero-order valence-electron chi connectivity index (χ0n) is 13.6. The number of fused-ring (bicyclic) bond motifs is 1. The standard InChI is InChI=1S/C18H29N3/c1-18(2)10-15(19)14-12-20-17(21-16(14)11-18)13-8-6-4-3-5-7-9-13/h12-13,15H,3-11,19H2,1-2H3. The van der Waals surface area contributed by atoms with Crippen LogP contribution in [0.4, 0.5) is 0 Å². The highest BCUT2D eigenvalue weighted by Gasteiger charge is 2.32. The zero-order valence-corrected chi connectivity index (χ0v) is 13.6. The van der Waals surface area contributed by atoms with Crippen molar-refractivity contribution in [2.24, 2.45) is 11.1 Å². The van der Waals surface area contributed by atoms with Crippen LogP contribution in [0.15, 0.2) is 6.20 Å². The Morgan fingerprint density at radius 3 is 2.48 bits per heavy atom. The Kier molecular flexibility index (Phi) is 4.30. The second-order valence-corrected chi connectivity index (χ2v) is 7.82. The van der Waals surface area contributed by atoms with Crippen LogP contribution < -0.4 is 5.73 Å². The third kappa shape index (κ3) is 3.45. The molecule has 0 aromatic carbocycles. The molecule has 0 saturated heterocycles. The molecule has 3 nitrogen and oxygen atoms in total. The summed E-state index contributed by atoms with van der Waals surface area (Å²) in [6, 6.07) is 0.107. The first-order valence-corrected chi connectivity index (χ1v) is 8.66. The Hall–Kier alpha value is -0.960.